The smallest absolute Gasteiger partial charge is 0.230 e. The number of halogens is 1. The first kappa shape index (κ1) is 17.4. The molecule has 1 amide bonds. The van der Waals surface area contributed by atoms with Crippen molar-refractivity contribution >= 4 is 45.4 Å². The van der Waals surface area contributed by atoms with E-state index in [1.807, 2.05) is 36.4 Å². The van der Waals surface area contributed by atoms with Crippen molar-refractivity contribution in [2.75, 3.05) is 18.1 Å². The van der Waals surface area contributed by atoms with Crippen LogP contribution in [0.5, 0.6) is 0 Å². The van der Waals surface area contributed by atoms with Gasteiger partial charge in [-0.05, 0) is 23.8 Å². The highest BCUT2D eigenvalue weighted by Crippen LogP contribution is 2.21. The number of hydrogen-bond donors (Lipinski definition) is 1. The summed E-state index contributed by atoms with van der Waals surface area (Å²) in [7, 11) is 0. The minimum Gasteiger partial charge on any atom is -0.355 e. The van der Waals surface area contributed by atoms with E-state index in [-0.39, 0.29) is 5.91 Å². The van der Waals surface area contributed by atoms with Crippen molar-refractivity contribution in [3.8, 4) is 0 Å². The Morgan fingerprint density at radius 1 is 1.05 bits per heavy atom. The average Bonchev–Trinajstić information content (AvgIpc) is 2.54. The Morgan fingerprint density at radius 3 is 2.55 bits per heavy atom. The fraction of sp³-hybridized carbons (Fsp3) is 0.235. The predicted octanol–water partition coefficient (Wildman–Crippen LogP) is 4.59. The fourth-order valence-electron chi connectivity index (χ4n) is 1.80. The van der Waals surface area contributed by atoms with Gasteiger partial charge in [0.1, 0.15) is 0 Å². The summed E-state index contributed by atoms with van der Waals surface area (Å²) in [6.45, 7) is 0.702. The molecule has 0 fully saturated rings. The molecule has 0 heterocycles. The third-order valence-corrected chi connectivity index (χ3v) is 5.65. The highest BCUT2D eigenvalue weighted by atomic mass is 79.9. The molecule has 0 aliphatic rings. The summed E-state index contributed by atoms with van der Waals surface area (Å²) in [6.07, 6.45) is 0. The van der Waals surface area contributed by atoms with Gasteiger partial charge in [0, 0.05) is 27.4 Å². The molecule has 0 spiro atoms. The van der Waals surface area contributed by atoms with Crippen LogP contribution in [-0.4, -0.2) is 24.0 Å². The maximum Gasteiger partial charge on any atom is 0.230 e. The van der Waals surface area contributed by atoms with Gasteiger partial charge in [0.05, 0.1) is 5.75 Å². The molecule has 5 heteroatoms. The van der Waals surface area contributed by atoms with Crippen molar-refractivity contribution in [3.05, 3.63) is 64.6 Å². The van der Waals surface area contributed by atoms with Crippen molar-refractivity contribution < 1.29 is 4.79 Å². The molecule has 116 valence electrons. The number of thioether (sulfide) groups is 2. The Labute approximate surface area is 148 Å². The van der Waals surface area contributed by atoms with Crippen LogP contribution in [0.4, 0.5) is 0 Å². The van der Waals surface area contributed by atoms with Crippen LogP contribution in [0.25, 0.3) is 0 Å². The molecule has 0 aliphatic carbocycles. The van der Waals surface area contributed by atoms with Crippen molar-refractivity contribution in [2.24, 2.45) is 0 Å². The lowest BCUT2D eigenvalue weighted by Gasteiger charge is -2.06. The molecule has 0 saturated carbocycles. The van der Waals surface area contributed by atoms with Crippen LogP contribution in [0.1, 0.15) is 5.56 Å². The number of rotatable bonds is 8. The van der Waals surface area contributed by atoms with Gasteiger partial charge in [-0.2, -0.15) is 0 Å². The second-order valence-corrected chi connectivity index (χ2v) is 7.60. The maximum absolute atomic E-state index is 11.8. The van der Waals surface area contributed by atoms with Crippen LogP contribution in [0.2, 0.25) is 0 Å². The van der Waals surface area contributed by atoms with E-state index >= 15 is 0 Å². The van der Waals surface area contributed by atoms with Gasteiger partial charge < -0.3 is 5.32 Å². The molecule has 0 aliphatic heterocycles. The molecule has 0 aromatic heterocycles. The first-order valence-corrected chi connectivity index (χ1v) is 9.95. The van der Waals surface area contributed by atoms with E-state index in [1.165, 1.54) is 10.5 Å². The molecule has 2 aromatic rings. The zero-order valence-corrected chi connectivity index (χ0v) is 15.3. The van der Waals surface area contributed by atoms with Crippen molar-refractivity contribution in [1.29, 1.82) is 0 Å². The highest BCUT2D eigenvalue weighted by molar-refractivity contribution is 9.10. The molecule has 0 bridgehead atoms. The maximum atomic E-state index is 11.8. The molecule has 0 radical (unpaired) electrons. The molecule has 2 rings (SSSR count). The first-order valence-electron chi connectivity index (χ1n) is 7.01. The van der Waals surface area contributed by atoms with Crippen molar-refractivity contribution in [3.63, 3.8) is 0 Å². The third kappa shape index (κ3) is 6.46. The van der Waals surface area contributed by atoms with E-state index in [0.717, 1.165) is 16.0 Å². The molecular formula is C17H18BrNOS2. The molecule has 0 saturated heterocycles. The Hall–Kier alpha value is -0.910. The van der Waals surface area contributed by atoms with E-state index in [9.17, 15) is 4.79 Å². The van der Waals surface area contributed by atoms with Crippen molar-refractivity contribution in [2.45, 2.75) is 10.6 Å². The highest BCUT2D eigenvalue weighted by Gasteiger charge is 2.03. The third-order valence-electron chi connectivity index (χ3n) is 2.88. The number of benzene rings is 2. The van der Waals surface area contributed by atoms with E-state index in [2.05, 4.69) is 39.4 Å². The van der Waals surface area contributed by atoms with Crippen molar-refractivity contribution in [1.82, 2.24) is 5.32 Å². The van der Waals surface area contributed by atoms with Gasteiger partial charge in [0.15, 0.2) is 0 Å². The normalized spacial score (nSPS) is 10.4. The zero-order chi connectivity index (χ0) is 15.6. The number of nitrogens with one attached hydrogen (secondary N) is 1. The van der Waals surface area contributed by atoms with Gasteiger partial charge in [0.25, 0.3) is 0 Å². The molecule has 2 aromatic carbocycles. The zero-order valence-electron chi connectivity index (χ0n) is 12.1. The molecule has 22 heavy (non-hydrogen) atoms. The molecule has 0 atom stereocenters. The van der Waals surface area contributed by atoms with Gasteiger partial charge in [-0.15, -0.1) is 23.5 Å². The first-order chi connectivity index (χ1) is 10.8. The predicted molar refractivity (Wildman–Crippen MR) is 100 cm³/mol. The summed E-state index contributed by atoms with van der Waals surface area (Å²) in [5.74, 6) is 2.33. The summed E-state index contributed by atoms with van der Waals surface area (Å²) in [5, 5.41) is 2.96. The van der Waals surface area contributed by atoms with Crippen LogP contribution in [0, 0.1) is 0 Å². The topological polar surface area (TPSA) is 29.1 Å². The van der Waals surface area contributed by atoms with Gasteiger partial charge in [-0.25, -0.2) is 0 Å². The summed E-state index contributed by atoms with van der Waals surface area (Å²) in [4.78, 5) is 13.0. The van der Waals surface area contributed by atoms with Gasteiger partial charge in [-0.1, -0.05) is 52.3 Å². The monoisotopic (exact) mass is 395 g/mol. The Kier molecular flexibility index (Phi) is 7.91. The second-order valence-electron chi connectivity index (χ2n) is 4.60. The number of carbonyl (C=O) groups is 1. The van der Waals surface area contributed by atoms with Crippen LogP contribution in [-0.2, 0) is 10.5 Å². The van der Waals surface area contributed by atoms with Crippen LogP contribution in [0.15, 0.2) is 64.0 Å². The molecular weight excluding hydrogens is 378 g/mol. The van der Waals surface area contributed by atoms with Gasteiger partial charge in [-0.3, -0.25) is 4.79 Å². The quantitative estimate of drug-likeness (QED) is 0.523. The Morgan fingerprint density at radius 2 is 1.77 bits per heavy atom. The molecule has 0 unspecified atom stereocenters. The second kappa shape index (κ2) is 9.98. The summed E-state index contributed by atoms with van der Waals surface area (Å²) < 4.78 is 1.10. The number of carbonyl (C=O) groups excluding carboxylic acids is 1. The Bertz CT molecular complexity index is 592. The number of amides is 1. The minimum atomic E-state index is 0.103. The summed E-state index contributed by atoms with van der Waals surface area (Å²) in [6, 6.07) is 18.3. The summed E-state index contributed by atoms with van der Waals surface area (Å²) in [5.41, 5.74) is 1.22. The average molecular weight is 396 g/mol. The van der Waals surface area contributed by atoms with E-state index in [0.29, 0.717) is 12.3 Å². The lowest BCUT2D eigenvalue weighted by atomic mass is 10.2. The summed E-state index contributed by atoms with van der Waals surface area (Å²) >= 11 is 6.91. The van der Waals surface area contributed by atoms with E-state index in [4.69, 9.17) is 0 Å². The van der Waals surface area contributed by atoms with Crippen LogP contribution >= 0.6 is 39.5 Å². The van der Waals surface area contributed by atoms with Gasteiger partial charge in [0.2, 0.25) is 5.91 Å². The van der Waals surface area contributed by atoms with Gasteiger partial charge >= 0.3 is 0 Å². The lowest BCUT2D eigenvalue weighted by Crippen LogP contribution is -2.27. The largest absolute Gasteiger partial charge is 0.355 e. The van der Waals surface area contributed by atoms with Crippen LogP contribution in [0.3, 0.4) is 0 Å². The van der Waals surface area contributed by atoms with Crippen LogP contribution < -0.4 is 5.32 Å². The number of hydrogen-bond acceptors (Lipinski definition) is 3. The lowest BCUT2D eigenvalue weighted by molar-refractivity contribution is -0.118. The SMILES string of the molecule is O=C(CSCc1ccccc1Br)NCCSc1ccccc1. The molecule has 2 nitrogen and oxygen atoms in total. The standard InChI is InChI=1S/C17H18BrNOS2/c18-16-9-5-4-6-14(16)12-21-13-17(20)19-10-11-22-15-7-2-1-3-8-15/h1-9H,10-13H2,(H,19,20). The molecule has 1 N–H and O–H groups in total. The van der Waals surface area contributed by atoms with E-state index in [1.54, 1.807) is 23.5 Å². The van der Waals surface area contributed by atoms with E-state index < -0.39 is 0 Å². The fourth-order valence-corrected chi connectivity index (χ4v) is 4.06. The Balaban J connectivity index is 1.57. The minimum absolute atomic E-state index is 0.103.